The molecule has 0 aliphatic heterocycles. The van der Waals surface area contributed by atoms with Crippen molar-refractivity contribution in [3.63, 3.8) is 0 Å². The lowest BCUT2D eigenvalue weighted by Crippen LogP contribution is -2.22. The average molecular weight is 283 g/mol. The number of benzene rings is 1. The number of pyridine rings is 1. The molecule has 0 saturated carbocycles. The predicted octanol–water partition coefficient (Wildman–Crippen LogP) is 3.18. The topological polar surface area (TPSA) is 28.2 Å². The number of nitrogens with one attached hydrogen (secondary N) is 1. The number of aryl methyl sites for hydroxylation is 1. The van der Waals surface area contributed by atoms with Crippen LogP contribution in [0.25, 0.3) is 0 Å². The van der Waals surface area contributed by atoms with E-state index in [-0.39, 0.29) is 0 Å². The smallest absolute Gasteiger partial charge is 0.131 e. The maximum absolute atomic E-state index is 4.63. The van der Waals surface area contributed by atoms with Crippen LogP contribution in [0.4, 0.5) is 5.82 Å². The SMILES string of the molecule is CCNCc1cnc(N(C)CCc2ccccc2)c(C)c1. The van der Waals surface area contributed by atoms with Crippen LogP contribution in [-0.4, -0.2) is 25.1 Å². The third-order valence-corrected chi connectivity index (χ3v) is 3.63. The van der Waals surface area contributed by atoms with E-state index in [2.05, 4.69) is 72.5 Å². The minimum Gasteiger partial charge on any atom is -0.359 e. The second kappa shape index (κ2) is 7.79. The van der Waals surface area contributed by atoms with E-state index in [0.29, 0.717) is 0 Å². The van der Waals surface area contributed by atoms with Crippen LogP contribution in [0.5, 0.6) is 0 Å². The average Bonchev–Trinajstić information content (AvgIpc) is 2.51. The lowest BCUT2D eigenvalue weighted by Gasteiger charge is -2.20. The van der Waals surface area contributed by atoms with Gasteiger partial charge in [0.2, 0.25) is 0 Å². The summed E-state index contributed by atoms with van der Waals surface area (Å²) in [5, 5.41) is 3.33. The molecule has 1 aromatic carbocycles. The molecule has 1 aromatic heterocycles. The maximum Gasteiger partial charge on any atom is 0.131 e. The highest BCUT2D eigenvalue weighted by molar-refractivity contribution is 5.46. The molecule has 2 rings (SSSR count). The fraction of sp³-hybridized carbons (Fsp3) is 0.389. The Labute approximate surface area is 128 Å². The van der Waals surface area contributed by atoms with Crippen LogP contribution in [-0.2, 0) is 13.0 Å². The number of nitrogens with zero attached hydrogens (tertiary/aromatic N) is 2. The molecule has 0 radical (unpaired) electrons. The van der Waals surface area contributed by atoms with Crippen molar-refractivity contribution in [2.45, 2.75) is 26.8 Å². The Morgan fingerprint density at radius 1 is 1.14 bits per heavy atom. The number of aromatic nitrogens is 1. The molecule has 0 unspecified atom stereocenters. The Morgan fingerprint density at radius 3 is 2.57 bits per heavy atom. The van der Waals surface area contributed by atoms with Crippen molar-refractivity contribution in [2.75, 3.05) is 25.0 Å². The summed E-state index contributed by atoms with van der Waals surface area (Å²) in [5.74, 6) is 1.08. The molecule has 112 valence electrons. The van der Waals surface area contributed by atoms with Gasteiger partial charge in [-0.25, -0.2) is 4.98 Å². The zero-order valence-electron chi connectivity index (χ0n) is 13.3. The van der Waals surface area contributed by atoms with E-state index in [1.165, 1.54) is 16.7 Å². The van der Waals surface area contributed by atoms with Crippen molar-refractivity contribution < 1.29 is 0 Å². The lowest BCUT2D eigenvalue weighted by molar-refractivity contribution is 0.723. The van der Waals surface area contributed by atoms with Gasteiger partial charge in [0, 0.05) is 26.3 Å². The largest absolute Gasteiger partial charge is 0.359 e. The minimum absolute atomic E-state index is 0.887. The van der Waals surface area contributed by atoms with Crippen LogP contribution in [0, 0.1) is 6.92 Å². The van der Waals surface area contributed by atoms with E-state index in [0.717, 1.165) is 31.9 Å². The molecule has 2 aromatic rings. The standard InChI is InChI=1S/C18H25N3/c1-4-19-13-17-12-15(2)18(20-14-17)21(3)11-10-16-8-6-5-7-9-16/h5-9,12,14,19H,4,10-11,13H2,1-3H3. The van der Waals surface area contributed by atoms with Crippen molar-refractivity contribution in [1.29, 1.82) is 0 Å². The summed E-state index contributed by atoms with van der Waals surface area (Å²) in [7, 11) is 2.11. The predicted molar refractivity (Wildman–Crippen MR) is 89.8 cm³/mol. The third kappa shape index (κ3) is 4.57. The van der Waals surface area contributed by atoms with Crippen molar-refractivity contribution in [2.24, 2.45) is 0 Å². The molecule has 3 nitrogen and oxygen atoms in total. The van der Waals surface area contributed by atoms with Gasteiger partial charge < -0.3 is 10.2 Å². The number of hydrogen-bond acceptors (Lipinski definition) is 3. The normalized spacial score (nSPS) is 10.6. The Hall–Kier alpha value is -1.87. The summed E-state index contributed by atoms with van der Waals surface area (Å²) in [6, 6.07) is 12.8. The molecule has 0 spiro atoms. The van der Waals surface area contributed by atoms with Crippen LogP contribution >= 0.6 is 0 Å². The first-order valence-corrected chi connectivity index (χ1v) is 7.62. The van der Waals surface area contributed by atoms with Crippen molar-refractivity contribution in [1.82, 2.24) is 10.3 Å². The fourth-order valence-electron chi connectivity index (χ4n) is 2.44. The number of likely N-dealkylation sites (N-methyl/N-ethyl adjacent to an activating group) is 1. The minimum atomic E-state index is 0.887. The zero-order chi connectivity index (χ0) is 15.1. The maximum atomic E-state index is 4.63. The van der Waals surface area contributed by atoms with E-state index in [1.807, 2.05) is 6.20 Å². The molecule has 21 heavy (non-hydrogen) atoms. The quantitative estimate of drug-likeness (QED) is 0.846. The molecule has 1 N–H and O–H groups in total. The molecule has 0 aliphatic carbocycles. The van der Waals surface area contributed by atoms with Crippen LogP contribution in [0.1, 0.15) is 23.6 Å². The molecular weight excluding hydrogens is 258 g/mol. The monoisotopic (exact) mass is 283 g/mol. The van der Waals surface area contributed by atoms with Gasteiger partial charge >= 0.3 is 0 Å². The Balaban J connectivity index is 1.97. The van der Waals surface area contributed by atoms with Crippen molar-refractivity contribution in [3.05, 3.63) is 59.3 Å². The van der Waals surface area contributed by atoms with Gasteiger partial charge in [0.05, 0.1) is 0 Å². The lowest BCUT2D eigenvalue weighted by atomic mass is 10.1. The summed E-state index contributed by atoms with van der Waals surface area (Å²) >= 11 is 0. The van der Waals surface area contributed by atoms with Crippen molar-refractivity contribution in [3.8, 4) is 0 Å². The van der Waals surface area contributed by atoms with Gasteiger partial charge in [-0.15, -0.1) is 0 Å². The van der Waals surface area contributed by atoms with Gasteiger partial charge in [-0.3, -0.25) is 0 Å². The van der Waals surface area contributed by atoms with Crippen LogP contribution < -0.4 is 10.2 Å². The fourth-order valence-corrected chi connectivity index (χ4v) is 2.44. The summed E-state index contributed by atoms with van der Waals surface area (Å²) in [6.45, 7) is 7.10. The number of hydrogen-bond donors (Lipinski definition) is 1. The van der Waals surface area contributed by atoms with E-state index in [4.69, 9.17) is 0 Å². The zero-order valence-corrected chi connectivity index (χ0v) is 13.3. The van der Waals surface area contributed by atoms with E-state index < -0.39 is 0 Å². The third-order valence-electron chi connectivity index (χ3n) is 3.63. The van der Waals surface area contributed by atoms with Crippen LogP contribution in [0.3, 0.4) is 0 Å². The van der Waals surface area contributed by atoms with Gasteiger partial charge in [-0.05, 0) is 42.6 Å². The first kappa shape index (κ1) is 15.5. The molecule has 3 heteroatoms. The van der Waals surface area contributed by atoms with Gasteiger partial charge in [0.25, 0.3) is 0 Å². The Bertz CT molecular complexity index is 552. The summed E-state index contributed by atoms with van der Waals surface area (Å²) in [5.41, 5.74) is 3.85. The van der Waals surface area contributed by atoms with Crippen LogP contribution in [0.2, 0.25) is 0 Å². The molecule has 0 bridgehead atoms. The van der Waals surface area contributed by atoms with Gasteiger partial charge in [0.15, 0.2) is 0 Å². The van der Waals surface area contributed by atoms with E-state index in [9.17, 15) is 0 Å². The molecule has 0 aliphatic rings. The van der Waals surface area contributed by atoms with Gasteiger partial charge in [0.1, 0.15) is 5.82 Å². The van der Waals surface area contributed by atoms with Gasteiger partial charge in [-0.1, -0.05) is 37.3 Å². The van der Waals surface area contributed by atoms with Crippen LogP contribution in [0.15, 0.2) is 42.6 Å². The Morgan fingerprint density at radius 2 is 1.90 bits per heavy atom. The second-order valence-electron chi connectivity index (χ2n) is 5.42. The Kier molecular flexibility index (Phi) is 5.76. The molecule has 0 fully saturated rings. The molecule has 0 saturated heterocycles. The molecule has 0 atom stereocenters. The first-order chi connectivity index (χ1) is 10.2. The molecular formula is C18H25N3. The second-order valence-corrected chi connectivity index (χ2v) is 5.42. The number of rotatable bonds is 7. The molecule has 1 heterocycles. The highest BCUT2D eigenvalue weighted by Crippen LogP contribution is 2.17. The highest BCUT2D eigenvalue weighted by atomic mass is 15.2. The summed E-state index contributed by atoms with van der Waals surface area (Å²) in [6.07, 6.45) is 3.02. The highest BCUT2D eigenvalue weighted by Gasteiger charge is 2.07. The summed E-state index contributed by atoms with van der Waals surface area (Å²) in [4.78, 5) is 6.86. The van der Waals surface area contributed by atoms with Crippen molar-refractivity contribution >= 4 is 5.82 Å². The van der Waals surface area contributed by atoms with Gasteiger partial charge in [-0.2, -0.15) is 0 Å². The van der Waals surface area contributed by atoms with E-state index >= 15 is 0 Å². The number of anilines is 1. The first-order valence-electron chi connectivity index (χ1n) is 7.62. The molecule has 0 amide bonds. The van der Waals surface area contributed by atoms with E-state index in [1.54, 1.807) is 0 Å². The summed E-state index contributed by atoms with van der Waals surface area (Å²) < 4.78 is 0.